The van der Waals surface area contributed by atoms with Gasteiger partial charge in [0.1, 0.15) is 0 Å². The van der Waals surface area contributed by atoms with E-state index in [0.29, 0.717) is 14.8 Å². The average molecular weight is 528 g/mol. The molecule has 2 rings (SSSR count). The molecule has 20 heavy (non-hydrogen) atoms. The van der Waals surface area contributed by atoms with Gasteiger partial charge in [-0.15, -0.1) is 34.7 Å². The van der Waals surface area contributed by atoms with E-state index in [1.807, 2.05) is 22.6 Å². The van der Waals surface area contributed by atoms with Crippen LogP contribution < -0.4 is 5.56 Å². The van der Waals surface area contributed by atoms with Gasteiger partial charge < -0.3 is 4.57 Å². The summed E-state index contributed by atoms with van der Waals surface area (Å²) >= 11 is 5.12. The van der Waals surface area contributed by atoms with E-state index in [0.717, 1.165) is 9.04 Å². The summed E-state index contributed by atoms with van der Waals surface area (Å²) in [7, 11) is 0. The van der Waals surface area contributed by atoms with Crippen molar-refractivity contribution in [3.63, 3.8) is 0 Å². The third kappa shape index (κ3) is 4.42. The molecule has 0 spiro atoms. The molecule has 0 unspecified atom stereocenters. The molecule has 0 atom stereocenters. The van der Waals surface area contributed by atoms with Crippen LogP contribution in [-0.4, -0.2) is 11.0 Å². The van der Waals surface area contributed by atoms with Gasteiger partial charge in [0.25, 0.3) is 6.43 Å². The van der Waals surface area contributed by atoms with Gasteiger partial charge in [0.05, 0.1) is 6.54 Å². The van der Waals surface area contributed by atoms with Crippen LogP contribution in [0.5, 0.6) is 0 Å². The first-order valence-corrected chi connectivity index (χ1v) is 7.21. The fraction of sp³-hybridized carbons (Fsp3) is 0.154. The molecule has 1 aromatic heterocycles. The van der Waals surface area contributed by atoms with Crippen molar-refractivity contribution in [2.45, 2.75) is 13.0 Å². The van der Waals surface area contributed by atoms with Gasteiger partial charge in [0.15, 0.2) is 0 Å². The predicted molar refractivity (Wildman–Crippen MR) is 81.4 cm³/mol. The minimum Gasteiger partial charge on any atom is -0.336 e. The number of halogens is 4. The average Bonchev–Trinajstić information content (AvgIpc) is 2.36. The fourth-order valence-electron chi connectivity index (χ4n) is 1.66. The van der Waals surface area contributed by atoms with Gasteiger partial charge in [-0.3, -0.25) is 4.79 Å². The van der Waals surface area contributed by atoms with Crippen LogP contribution in [0.15, 0.2) is 39.6 Å². The minimum atomic E-state index is -2.58. The number of rotatable bonds is 3. The predicted octanol–water partition coefficient (Wildman–Crippen LogP) is 3.95. The molecule has 103 valence electrons. The molecule has 2 nitrogen and oxygen atoms in total. The van der Waals surface area contributed by atoms with Gasteiger partial charge in [-0.1, -0.05) is 39.3 Å². The molecule has 0 amide bonds. The van der Waals surface area contributed by atoms with Crippen molar-refractivity contribution in [2.75, 3.05) is 0 Å². The van der Waals surface area contributed by atoms with Crippen molar-refractivity contribution in [1.29, 1.82) is 0 Å². The van der Waals surface area contributed by atoms with E-state index in [1.54, 1.807) is 24.3 Å². The summed E-state index contributed by atoms with van der Waals surface area (Å²) in [6.07, 6.45) is -2.58. The van der Waals surface area contributed by atoms with E-state index in [1.165, 1.54) is 6.07 Å². The number of hydrogen-bond acceptors (Lipinski definition) is 1. The Hall–Kier alpha value is 0.344. The number of aromatic nitrogens is 1. The summed E-state index contributed by atoms with van der Waals surface area (Å²) in [4.78, 5) is 12.0. The third-order valence-electron chi connectivity index (χ3n) is 2.49. The summed E-state index contributed by atoms with van der Waals surface area (Å²) in [5, 5.41) is 0. The Morgan fingerprint density at radius 1 is 1.30 bits per heavy atom. The molecule has 0 N–H and O–H groups in total. The molecule has 1 radical (unpaired) electrons. The first-order valence-electron chi connectivity index (χ1n) is 5.34. The summed E-state index contributed by atoms with van der Waals surface area (Å²) in [6.45, 7) is -0.627. The molecule has 7 heteroatoms. The Labute approximate surface area is 162 Å². The zero-order valence-corrected chi connectivity index (χ0v) is 16.7. The fourth-order valence-corrected chi connectivity index (χ4v) is 2.37. The van der Waals surface area contributed by atoms with Gasteiger partial charge in [-0.2, -0.15) is 12.1 Å². The Balaban J connectivity index is 0.00000200. The molecule has 0 aliphatic heterocycles. The maximum absolute atomic E-state index is 12.6. The van der Waals surface area contributed by atoms with Crippen molar-refractivity contribution < 1.29 is 41.5 Å². The third-order valence-corrected chi connectivity index (χ3v) is 3.79. The normalized spacial score (nSPS) is 10.4. The van der Waals surface area contributed by atoms with Crippen molar-refractivity contribution in [1.82, 2.24) is 4.57 Å². The maximum atomic E-state index is 12.6. The Morgan fingerprint density at radius 2 is 1.90 bits per heavy atom. The summed E-state index contributed by atoms with van der Waals surface area (Å²) in [5.41, 5.74) is 0.633. The molecule has 0 saturated heterocycles. The van der Waals surface area contributed by atoms with Crippen LogP contribution in [0.1, 0.15) is 0 Å². The molecule has 2 aromatic rings. The molecular weight excluding hydrogens is 520 g/mol. The van der Waals surface area contributed by atoms with Gasteiger partial charge in [0, 0.05) is 37.2 Å². The van der Waals surface area contributed by atoms with Crippen molar-refractivity contribution in [3.05, 3.63) is 54.8 Å². The molecule has 0 saturated carbocycles. The Morgan fingerprint density at radius 3 is 2.45 bits per heavy atom. The molecule has 0 fully saturated rings. The minimum absolute atomic E-state index is 0. The van der Waals surface area contributed by atoms with E-state index < -0.39 is 18.5 Å². The Bertz CT molecular complexity index is 646. The van der Waals surface area contributed by atoms with Crippen LogP contribution in [0.25, 0.3) is 11.3 Å². The van der Waals surface area contributed by atoms with Crippen LogP contribution in [-0.2, 0) is 39.3 Å². The van der Waals surface area contributed by atoms with Crippen LogP contribution in [0.4, 0.5) is 8.78 Å². The second-order valence-corrected chi connectivity index (χ2v) is 5.88. The maximum Gasteiger partial charge on any atom is 0.256 e. The summed E-state index contributed by atoms with van der Waals surface area (Å²) < 4.78 is 27.5. The number of hydrogen-bond donors (Lipinski definition) is 0. The van der Waals surface area contributed by atoms with Crippen molar-refractivity contribution in [2.24, 2.45) is 0 Å². The summed E-state index contributed by atoms with van der Waals surface area (Å²) in [6, 6.07) is 11.5. The second-order valence-electron chi connectivity index (χ2n) is 3.80. The van der Waals surface area contributed by atoms with E-state index >= 15 is 0 Å². The van der Waals surface area contributed by atoms with Crippen LogP contribution >= 0.6 is 38.5 Å². The molecular formula is C13H8BrF2INOY-. The largest absolute Gasteiger partial charge is 0.336 e. The van der Waals surface area contributed by atoms with Crippen LogP contribution in [0, 0.1) is 9.64 Å². The monoisotopic (exact) mass is 527 g/mol. The van der Waals surface area contributed by atoms with E-state index in [-0.39, 0.29) is 32.7 Å². The standard InChI is InChI=1S/C13H8BrF2INO.Y/c14-9-3-1-8(2-4-9)11-6-5-10(17)13(19)18(11)7-12(15)16;/h1-5,12H,7H2;/q-1;. The molecule has 1 aromatic carbocycles. The topological polar surface area (TPSA) is 22.0 Å². The quantitative estimate of drug-likeness (QED) is 0.438. The number of alkyl halides is 2. The second kappa shape index (κ2) is 8.10. The molecule has 0 bridgehead atoms. The molecule has 0 aliphatic carbocycles. The molecule has 1 heterocycles. The first-order chi connectivity index (χ1) is 8.99. The Kier molecular flexibility index (Phi) is 7.45. The van der Waals surface area contributed by atoms with Gasteiger partial charge >= 0.3 is 0 Å². The zero-order valence-electron chi connectivity index (χ0n) is 10.1. The van der Waals surface area contributed by atoms with E-state index in [2.05, 4.69) is 22.0 Å². The SMILES string of the molecule is O=c1c(I)c[c-]c(-c2ccc(Br)cc2)n1CC(F)F.[Y]. The number of nitrogens with zero attached hydrogens (tertiary/aromatic N) is 1. The number of benzene rings is 1. The molecule has 0 aliphatic rings. The zero-order chi connectivity index (χ0) is 14.0. The van der Waals surface area contributed by atoms with Crippen LogP contribution in [0.2, 0.25) is 0 Å². The summed E-state index contributed by atoms with van der Waals surface area (Å²) in [5.74, 6) is 0. The van der Waals surface area contributed by atoms with Gasteiger partial charge in [-0.25, -0.2) is 8.78 Å². The van der Waals surface area contributed by atoms with Crippen molar-refractivity contribution in [3.8, 4) is 11.3 Å². The van der Waals surface area contributed by atoms with Gasteiger partial charge in [-0.05, 0) is 3.57 Å². The van der Waals surface area contributed by atoms with E-state index in [4.69, 9.17) is 0 Å². The van der Waals surface area contributed by atoms with E-state index in [9.17, 15) is 13.6 Å². The first kappa shape index (κ1) is 18.4. The van der Waals surface area contributed by atoms with Crippen LogP contribution in [0.3, 0.4) is 0 Å². The smallest absolute Gasteiger partial charge is 0.256 e. The number of pyridine rings is 1. The van der Waals surface area contributed by atoms with Crippen molar-refractivity contribution >= 4 is 38.5 Å². The van der Waals surface area contributed by atoms with Gasteiger partial charge in [0.2, 0.25) is 5.56 Å².